The zero-order valence-electron chi connectivity index (χ0n) is 19.5. The highest BCUT2D eigenvalue weighted by Gasteiger charge is 2.73. The molecule has 7 nitrogen and oxygen atoms in total. The van der Waals surface area contributed by atoms with Crippen molar-refractivity contribution in [1.82, 2.24) is 4.90 Å². The van der Waals surface area contributed by atoms with Crippen molar-refractivity contribution < 1.29 is 14.5 Å². The number of hydrogen-bond acceptors (Lipinski definition) is 5. The fourth-order valence-electron chi connectivity index (χ4n) is 6.41. The van der Waals surface area contributed by atoms with E-state index in [-0.39, 0.29) is 16.9 Å². The van der Waals surface area contributed by atoms with Crippen LogP contribution in [0.25, 0.3) is 0 Å². The molecule has 3 aliphatic heterocycles. The molecule has 3 heterocycles. The fourth-order valence-corrected chi connectivity index (χ4v) is 6.41. The Bertz CT molecular complexity index is 1290. The maximum absolute atomic E-state index is 13.5. The van der Waals surface area contributed by atoms with Gasteiger partial charge in [-0.1, -0.05) is 60.2 Å². The second-order valence-corrected chi connectivity index (χ2v) is 9.77. The minimum Gasteiger partial charge on any atom is -0.489 e. The lowest BCUT2D eigenvalue weighted by Gasteiger charge is -2.32. The number of rotatable bonds is 5. The Morgan fingerprint density at radius 1 is 1.09 bits per heavy atom. The summed E-state index contributed by atoms with van der Waals surface area (Å²) in [5.74, 6) is 0.0373. The zero-order valence-corrected chi connectivity index (χ0v) is 19.5. The predicted molar refractivity (Wildman–Crippen MR) is 132 cm³/mol. The highest BCUT2D eigenvalue weighted by atomic mass is 16.6. The predicted octanol–water partition coefficient (Wildman–Crippen LogP) is 4.63. The monoisotopic (exact) mass is 469 g/mol. The van der Waals surface area contributed by atoms with Gasteiger partial charge in [0.15, 0.2) is 5.54 Å². The van der Waals surface area contributed by atoms with Crippen molar-refractivity contribution in [2.45, 2.75) is 49.9 Å². The maximum atomic E-state index is 13.5. The van der Waals surface area contributed by atoms with Crippen LogP contribution in [0.5, 0.6) is 5.75 Å². The molecule has 0 radical (unpaired) electrons. The molecule has 4 atom stereocenters. The van der Waals surface area contributed by atoms with Crippen LogP contribution in [-0.2, 0) is 16.9 Å². The smallest absolute Gasteiger partial charge is 0.256 e. The number of nitrogens with one attached hydrogen (secondary N) is 1. The number of hydrogen-bond donors (Lipinski definition) is 1. The average Bonchev–Trinajstić information content (AvgIpc) is 3.52. The number of benzene rings is 3. The molecule has 1 N–H and O–H groups in total. The molecule has 35 heavy (non-hydrogen) atoms. The first-order chi connectivity index (χ1) is 17.0. The summed E-state index contributed by atoms with van der Waals surface area (Å²) in [6.07, 6.45) is 1.75. The first kappa shape index (κ1) is 21.8. The first-order valence-corrected chi connectivity index (χ1v) is 12.1. The zero-order chi connectivity index (χ0) is 24.2. The van der Waals surface area contributed by atoms with Gasteiger partial charge < -0.3 is 10.1 Å². The van der Waals surface area contributed by atoms with Crippen molar-refractivity contribution in [2.24, 2.45) is 0 Å². The van der Waals surface area contributed by atoms with Gasteiger partial charge in [0.25, 0.3) is 11.9 Å². The van der Waals surface area contributed by atoms with Crippen molar-refractivity contribution in [3.63, 3.8) is 0 Å². The lowest BCUT2D eigenvalue weighted by atomic mass is 9.77. The van der Waals surface area contributed by atoms with Crippen LogP contribution in [0.4, 0.5) is 5.69 Å². The molecule has 3 aliphatic rings. The molecular weight excluding hydrogens is 442 g/mol. The first-order valence-electron chi connectivity index (χ1n) is 12.1. The van der Waals surface area contributed by atoms with Crippen LogP contribution in [-0.4, -0.2) is 34.4 Å². The van der Waals surface area contributed by atoms with Gasteiger partial charge in [-0.05, 0) is 49.1 Å². The summed E-state index contributed by atoms with van der Waals surface area (Å²) in [6, 6.07) is 22.1. The topological polar surface area (TPSA) is 84.7 Å². The highest BCUT2D eigenvalue weighted by molar-refractivity contribution is 6.07. The quantitative estimate of drug-likeness (QED) is 0.435. The molecular formula is C28H27N3O4. The van der Waals surface area contributed by atoms with Crippen molar-refractivity contribution in [3.05, 3.63) is 105 Å². The molecule has 2 saturated heterocycles. The van der Waals surface area contributed by atoms with Crippen LogP contribution in [0.2, 0.25) is 0 Å². The molecule has 178 valence electrons. The van der Waals surface area contributed by atoms with Crippen LogP contribution in [0, 0.1) is 17.0 Å². The van der Waals surface area contributed by atoms with Gasteiger partial charge in [-0.25, -0.2) is 0 Å². The summed E-state index contributed by atoms with van der Waals surface area (Å²) in [5.41, 5.74) is 3.27. The van der Waals surface area contributed by atoms with E-state index in [1.807, 2.05) is 67.6 Å². The second kappa shape index (κ2) is 8.20. The third-order valence-corrected chi connectivity index (χ3v) is 7.89. The van der Waals surface area contributed by atoms with Gasteiger partial charge in [-0.3, -0.25) is 19.8 Å². The summed E-state index contributed by atoms with van der Waals surface area (Å²) in [6.45, 7) is 3.18. The minimum atomic E-state index is -1.29. The lowest BCUT2D eigenvalue weighted by molar-refractivity contribution is -0.534. The number of nitrogens with zero attached hydrogens (tertiary/aromatic N) is 2. The lowest BCUT2D eigenvalue weighted by Crippen LogP contribution is -2.55. The van der Waals surface area contributed by atoms with E-state index >= 15 is 0 Å². The third-order valence-electron chi connectivity index (χ3n) is 7.89. The van der Waals surface area contributed by atoms with E-state index in [2.05, 4.69) is 22.3 Å². The van der Waals surface area contributed by atoms with Crippen LogP contribution in [0.1, 0.15) is 41.0 Å². The van der Waals surface area contributed by atoms with Crippen molar-refractivity contribution >= 4 is 11.6 Å². The Morgan fingerprint density at radius 3 is 2.57 bits per heavy atom. The van der Waals surface area contributed by atoms with Crippen LogP contribution in [0.3, 0.4) is 0 Å². The summed E-state index contributed by atoms with van der Waals surface area (Å²) in [4.78, 5) is 28.0. The molecule has 7 heteroatoms. The third kappa shape index (κ3) is 3.26. The van der Waals surface area contributed by atoms with E-state index in [9.17, 15) is 14.9 Å². The van der Waals surface area contributed by atoms with Crippen LogP contribution < -0.4 is 10.1 Å². The Hall–Kier alpha value is -3.71. The number of para-hydroxylation sites is 1. The number of aryl methyl sites for hydroxylation is 1. The van der Waals surface area contributed by atoms with Gasteiger partial charge in [-0.15, -0.1) is 0 Å². The highest BCUT2D eigenvalue weighted by Crippen LogP contribution is 2.58. The molecule has 0 saturated carbocycles. The number of carbonyl (C=O) groups is 1. The van der Waals surface area contributed by atoms with Crippen LogP contribution in [0.15, 0.2) is 72.8 Å². The number of carbonyl (C=O) groups excluding carboxylic acids is 1. The summed E-state index contributed by atoms with van der Waals surface area (Å²) >= 11 is 0. The number of fused-ring (bicyclic) bond motifs is 4. The molecule has 2 fully saturated rings. The average molecular weight is 470 g/mol. The van der Waals surface area contributed by atoms with Crippen LogP contribution >= 0.6 is 0 Å². The standard InChI is InChI=1S/C28H27N3O4/c1-18-8-10-19(11-9-18)17-35-21-14-12-20(13-15-21)25-24-7-4-16-30(24)28(26(25)31(33)34)22-5-2-3-6-23(22)29-27(28)32/h2-3,5-6,8-15,24-26H,4,7,16-17H2,1H3,(H,29,32)/t24-,25+,26-,28+/m0/s1. The Balaban J connectivity index is 1.34. The number of ether oxygens (including phenoxy) is 1. The second-order valence-electron chi connectivity index (χ2n) is 9.77. The number of nitro groups is 1. The number of amides is 1. The summed E-state index contributed by atoms with van der Waals surface area (Å²) in [5, 5.41) is 15.6. The Labute approximate surface area is 203 Å². The summed E-state index contributed by atoms with van der Waals surface area (Å²) < 4.78 is 5.96. The maximum Gasteiger partial charge on any atom is 0.256 e. The van der Waals surface area contributed by atoms with Gasteiger partial charge in [0.05, 0.1) is 5.92 Å². The fraction of sp³-hybridized carbons (Fsp3) is 0.321. The summed E-state index contributed by atoms with van der Waals surface area (Å²) in [7, 11) is 0. The SMILES string of the molecule is Cc1ccc(COc2ccc([C@H]3[C@H]([N+](=O)[O-])[C@]4(C(=O)Nc5ccccc54)N4CCC[C@@H]34)cc2)cc1. The molecule has 1 spiro atoms. The van der Waals surface area contributed by atoms with Crippen molar-refractivity contribution in [3.8, 4) is 5.75 Å². The van der Waals surface area contributed by atoms with Gasteiger partial charge in [0, 0.05) is 28.8 Å². The molecule has 3 aromatic rings. The van der Waals surface area contributed by atoms with E-state index in [0.29, 0.717) is 24.6 Å². The van der Waals surface area contributed by atoms with E-state index in [1.54, 1.807) is 0 Å². The van der Waals surface area contributed by atoms with Gasteiger partial charge >= 0.3 is 0 Å². The Kier molecular flexibility index (Phi) is 5.11. The van der Waals surface area contributed by atoms with E-state index in [4.69, 9.17) is 4.74 Å². The molecule has 0 bridgehead atoms. The minimum absolute atomic E-state index is 0.0679. The molecule has 6 rings (SSSR count). The molecule has 1 amide bonds. The van der Waals surface area contributed by atoms with Gasteiger partial charge in [-0.2, -0.15) is 0 Å². The van der Waals surface area contributed by atoms with Gasteiger partial charge in [0.2, 0.25) is 0 Å². The molecule has 3 aromatic carbocycles. The van der Waals surface area contributed by atoms with E-state index < -0.39 is 17.5 Å². The van der Waals surface area contributed by atoms with Crippen molar-refractivity contribution in [2.75, 3.05) is 11.9 Å². The molecule has 0 aromatic heterocycles. The van der Waals surface area contributed by atoms with E-state index in [0.717, 1.165) is 29.5 Å². The number of anilines is 1. The Morgan fingerprint density at radius 2 is 1.83 bits per heavy atom. The molecule has 0 aliphatic carbocycles. The van der Waals surface area contributed by atoms with E-state index in [1.165, 1.54) is 5.56 Å². The van der Waals surface area contributed by atoms with Gasteiger partial charge in [0.1, 0.15) is 12.4 Å². The normalized spacial score (nSPS) is 27.0. The largest absolute Gasteiger partial charge is 0.489 e. The van der Waals surface area contributed by atoms with Crippen molar-refractivity contribution in [1.29, 1.82) is 0 Å². The molecule has 0 unspecified atom stereocenters.